The Morgan fingerprint density at radius 1 is 0.821 bits per heavy atom. The first-order chi connectivity index (χ1) is 13.3. The smallest absolute Gasteiger partial charge is 0.322 e. The maximum Gasteiger partial charge on any atom is 0.418 e. The summed E-state index contributed by atoms with van der Waals surface area (Å²) in [6.45, 7) is 0. The van der Waals surface area contributed by atoms with Crippen LogP contribution in [0.5, 0.6) is 0 Å². The molecule has 0 aliphatic carbocycles. The van der Waals surface area contributed by atoms with Crippen LogP contribution in [0.25, 0.3) is 0 Å². The number of nitrogens with zero attached hydrogens (tertiary/aromatic N) is 1. The van der Waals surface area contributed by atoms with Crippen molar-refractivity contribution in [3.63, 3.8) is 0 Å². The second-order valence-corrected chi connectivity index (χ2v) is 5.75. The minimum Gasteiger partial charge on any atom is -0.322 e. The van der Waals surface area contributed by atoms with Crippen LogP contribution in [0, 0.1) is 0 Å². The third-order valence-electron chi connectivity index (χ3n) is 3.77. The van der Waals surface area contributed by atoms with Crippen molar-refractivity contribution in [1.82, 2.24) is 4.98 Å². The Morgan fingerprint density at radius 2 is 1.50 bits per heavy atom. The quantitative estimate of drug-likeness (QED) is 0.689. The molecule has 0 radical (unpaired) electrons. The molecule has 0 aliphatic rings. The van der Waals surface area contributed by atoms with Gasteiger partial charge in [0.1, 0.15) is 5.69 Å². The zero-order chi connectivity index (χ0) is 20.1. The van der Waals surface area contributed by atoms with Crippen LogP contribution in [0.15, 0.2) is 72.9 Å². The highest BCUT2D eigenvalue weighted by atomic mass is 19.4. The number of aromatic nitrogens is 1. The highest BCUT2D eigenvalue weighted by molar-refractivity contribution is 6.08. The SMILES string of the molecule is O=C(Nc1ccccc1)c1ccnc(C(=O)Nc2ccccc2C(F)(F)F)c1. The number of para-hydroxylation sites is 2. The van der Waals surface area contributed by atoms with Crippen LogP contribution in [-0.2, 0) is 6.18 Å². The molecule has 3 aromatic rings. The van der Waals surface area contributed by atoms with Crippen molar-refractivity contribution in [3.05, 3.63) is 89.7 Å². The average Bonchev–Trinajstić information content (AvgIpc) is 2.68. The summed E-state index contributed by atoms with van der Waals surface area (Å²) in [6, 6.07) is 15.9. The Bertz CT molecular complexity index is 1000. The van der Waals surface area contributed by atoms with Crippen LogP contribution in [0.1, 0.15) is 26.4 Å². The van der Waals surface area contributed by atoms with Crippen LogP contribution in [0.4, 0.5) is 24.5 Å². The summed E-state index contributed by atoms with van der Waals surface area (Å²) in [7, 11) is 0. The standard InChI is InChI=1S/C20H14F3N3O2/c21-20(22,23)15-8-4-5-9-16(15)26-19(28)17-12-13(10-11-24-17)18(27)25-14-6-2-1-3-7-14/h1-12H,(H,25,27)(H,26,28). The number of halogens is 3. The molecule has 1 heterocycles. The average molecular weight is 385 g/mol. The van der Waals surface area contributed by atoms with Gasteiger partial charge in [0.05, 0.1) is 11.3 Å². The molecule has 0 fully saturated rings. The normalized spacial score (nSPS) is 11.0. The maximum absolute atomic E-state index is 13.1. The highest BCUT2D eigenvalue weighted by Crippen LogP contribution is 2.34. The van der Waals surface area contributed by atoms with Crippen molar-refractivity contribution in [3.8, 4) is 0 Å². The van der Waals surface area contributed by atoms with E-state index in [1.807, 2.05) is 0 Å². The van der Waals surface area contributed by atoms with Crippen LogP contribution >= 0.6 is 0 Å². The number of nitrogens with one attached hydrogen (secondary N) is 2. The molecule has 1 aromatic heterocycles. The lowest BCUT2D eigenvalue weighted by Gasteiger charge is -2.13. The molecule has 0 aliphatic heterocycles. The van der Waals surface area contributed by atoms with E-state index in [1.165, 1.54) is 30.5 Å². The molecule has 2 aromatic carbocycles. The number of anilines is 2. The molecule has 0 saturated carbocycles. The Morgan fingerprint density at radius 3 is 2.21 bits per heavy atom. The zero-order valence-electron chi connectivity index (χ0n) is 14.3. The molecule has 2 N–H and O–H groups in total. The Balaban J connectivity index is 1.79. The summed E-state index contributed by atoms with van der Waals surface area (Å²) in [5.41, 5.74) is -0.831. The third-order valence-corrected chi connectivity index (χ3v) is 3.77. The van der Waals surface area contributed by atoms with Crippen molar-refractivity contribution in [2.24, 2.45) is 0 Å². The number of alkyl halides is 3. The number of pyridine rings is 1. The van der Waals surface area contributed by atoms with E-state index in [0.717, 1.165) is 12.1 Å². The first-order valence-corrected chi connectivity index (χ1v) is 8.14. The number of rotatable bonds is 4. The first kappa shape index (κ1) is 19.1. The Labute approximate surface area is 158 Å². The predicted octanol–water partition coefficient (Wildman–Crippen LogP) is 4.61. The van der Waals surface area contributed by atoms with E-state index in [0.29, 0.717) is 5.69 Å². The molecular formula is C20H14F3N3O2. The van der Waals surface area contributed by atoms with Gasteiger partial charge in [0.15, 0.2) is 0 Å². The van der Waals surface area contributed by atoms with Crippen molar-refractivity contribution in [2.75, 3.05) is 10.6 Å². The van der Waals surface area contributed by atoms with Crippen molar-refractivity contribution in [1.29, 1.82) is 0 Å². The molecule has 0 unspecified atom stereocenters. The van der Waals surface area contributed by atoms with Crippen molar-refractivity contribution < 1.29 is 22.8 Å². The summed E-state index contributed by atoms with van der Waals surface area (Å²) in [6.07, 6.45) is -3.38. The van der Waals surface area contributed by atoms with Gasteiger partial charge in [0.2, 0.25) is 0 Å². The van der Waals surface area contributed by atoms with E-state index in [-0.39, 0.29) is 16.9 Å². The number of hydrogen-bond donors (Lipinski definition) is 2. The van der Waals surface area contributed by atoms with Gasteiger partial charge in [-0.1, -0.05) is 30.3 Å². The lowest BCUT2D eigenvalue weighted by molar-refractivity contribution is -0.136. The largest absolute Gasteiger partial charge is 0.418 e. The summed E-state index contributed by atoms with van der Waals surface area (Å²) < 4.78 is 39.2. The molecule has 142 valence electrons. The van der Waals surface area contributed by atoms with E-state index in [1.54, 1.807) is 30.3 Å². The molecule has 8 heteroatoms. The maximum atomic E-state index is 13.1. The van der Waals surface area contributed by atoms with E-state index in [4.69, 9.17) is 0 Å². The fourth-order valence-electron chi connectivity index (χ4n) is 2.45. The molecular weight excluding hydrogens is 371 g/mol. The molecule has 2 amide bonds. The summed E-state index contributed by atoms with van der Waals surface area (Å²) in [5.74, 6) is -1.33. The molecule has 0 saturated heterocycles. The van der Waals surface area contributed by atoms with Crippen molar-refractivity contribution in [2.45, 2.75) is 6.18 Å². The van der Waals surface area contributed by atoms with E-state index in [2.05, 4.69) is 15.6 Å². The number of hydrogen-bond acceptors (Lipinski definition) is 3. The van der Waals surface area contributed by atoms with Gasteiger partial charge in [0.25, 0.3) is 11.8 Å². The lowest BCUT2D eigenvalue weighted by atomic mass is 10.1. The molecule has 5 nitrogen and oxygen atoms in total. The second kappa shape index (κ2) is 7.91. The summed E-state index contributed by atoms with van der Waals surface area (Å²) >= 11 is 0. The zero-order valence-corrected chi connectivity index (χ0v) is 14.3. The number of amides is 2. The summed E-state index contributed by atoms with van der Waals surface area (Å²) in [5, 5.41) is 4.85. The minimum atomic E-state index is -4.62. The topological polar surface area (TPSA) is 71.1 Å². The van der Waals surface area contributed by atoms with Gasteiger partial charge in [-0.15, -0.1) is 0 Å². The van der Waals surface area contributed by atoms with Crippen LogP contribution < -0.4 is 10.6 Å². The minimum absolute atomic E-state index is 0.146. The summed E-state index contributed by atoms with van der Waals surface area (Å²) in [4.78, 5) is 28.5. The Hall–Kier alpha value is -3.68. The Kier molecular flexibility index (Phi) is 5.39. The lowest BCUT2D eigenvalue weighted by Crippen LogP contribution is -2.19. The fraction of sp³-hybridized carbons (Fsp3) is 0.0500. The highest BCUT2D eigenvalue weighted by Gasteiger charge is 2.33. The fourth-order valence-corrected chi connectivity index (χ4v) is 2.45. The molecule has 28 heavy (non-hydrogen) atoms. The van der Waals surface area contributed by atoms with Crippen molar-refractivity contribution >= 4 is 23.2 Å². The van der Waals surface area contributed by atoms with Crippen LogP contribution in [-0.4, -0.2) is 16.8 Å². The van der Waals surface area contributed by atoms with Gasteiger partial charge in [-0.05, 0) is 36.4 Å². The molecule has 0 spiro atoms. The van der Waals surface area contributed by atoms with Crippen LogP contribution in [0.3, 0.4) is 0 Å². The predicted molar refractivity (Wildman–Crippen MR) is 98.0 cm³/mol. The monoisotopic (exact) mass is 385 g/mol. The molecule has 0 bridgehead atoms. The second-order valence-electron chi connectivity index (χ2n) is 5.75. The first-order valence-electron chi connectivity index (χ1n) is 8.14. The van der Waals surface area contributed by atoms with E-state index in [9.17, 15) is 22.8 Å². The van der Waals surface area contributed by atoms with Gasteiger partial charge in [-0.3, -0.25) is 14.6 Å². The van der Waals surface area contributed by atoms with Gasteiger partial charge in [-0.25, -0.2) is 0 Å². The number of benzene rings is 2. The van der Waals surface area contributed by atoms with Gasteiger partial charge in [0, 0.05) is 17.4 Å². The number of carbonyl (C=O) groups excluding carboxylic acids is 2. The third kappa shape index (κ3) is 4.53. The number of carbonyl (C=O) groups is 2. The molecule has 3 rings (SSSR count). The van der Waals surface area contributed by atoms with Crippen LogP contribution in [0.2, 0.25) is 0 Å². The van der Waals surface area contributed by atoms with E-state index < -0.39 is 23.6 Å². The van der Waals surface area contributed by atoms with E-state index >= 15 is 0 Å². The molecule has 0 atom stereocenters. The van der Waals surface area contributed by atoms with Gasteiger partial charge < -0.3 is 10.6 Å². The van der Waals surface area contributed by atoms with Gasteiger partial charge >= 0.3 is 6.18 Å². The van der Waals surface area contributed by atoms with Gasteiger partial charge in [-0.2, -0.15) is 13.2 Å².